The third-order valence-electron chi connectivity index (χ3n) is 4.92. The highest BCUT2D eigenvalue weighted by molar-refractivity contribution is 5.80. The summed E-state index contributed by atoms with van der Waals surface area (Å²) in [4.78, 5) is 24.1. The van der Waals surface area contributed by atoms with E-state index in [1.54, 1.807) is 12.4 Å². The van der Waals surface area contributed by atoms with Crippen LogP contribution in [0.15, 0.2) is 42.7 Å². The zero-order valence-corrected chi connectivity index (χ0v) is 15.1. The second-order valence-corrected chi connectivity index (χ2v) is 6.95. The largest absolute Gasteiger partial charge is 0.338 e. The summed E-state index contributed by atoms with van der Waals surface area (Å²) in [5.74, 6) is 1.20. The molecule has 1 aliphatic rings. The Morgan fingerprint density at radius 2 is 2.04 bits per heavy atom. The number of benzene rings is 1. The van der Waals surface area contributed by atoms with Gasteiger partial charge in [-0.05, 0) is 42.2 Å². The van der Waals surface area contributed by atoms with Gasteiger partial charge in [-0.1, -0.05) is 19.9 Å². The smallest absolute Gasteiger partial charge is 0.234 e. The second-order valence-electron chi connectivity index (χ2n) is 6.95. The SMILES string of the molecule is CCCN1NC(=O)CC(C)C1c1ccc2[nH]c(-c3ccncc3)nc2c1. The number of hydrogen-bond donors (Lipinski definition) is 2. The Labute approximate surface area is 152 Å². The molecule has 2 N–H and O–H groups in total. The van der Waals surface area contributed by atoms with Crippen molar-refractivity contribution in [2.75, 3.05) is 6.54 Å². The topological polar surface area (TPSA) is 73.9 Å². The Morgan fingerprint density at radius 3 is 2.81 bits per heavy atom. The molecule has 4 rings (SSSR count). The molecule has 0 saturated carbocycles. The monoisotopic (exact) mass is 349 g/mol. The van der Waals surface area contributed by atoms with Crippen molar-refractivity contribution in [2.24, 2.45) is 5.92 Å². The molecule has 2 unspecified atom stereocenters. The Bertz CT molecular complexity index is 920. The maximum Gasteiger partial charge on any atom is 0.234 e. The van der Waals surface area contributed by atoms with Crippen molar-refractivity contribution in [1.29, 1.82) is 0 Å². The first-order valence-electron chi connectivity index (χ1n) is 9.12. The van der Waals surface area contributed by atoms with E-state index in [9.17, 15) is 4.79 Å². The molecular formula is C20H23N5O. The molecule has 0 aliphatic carbocycles. The number of carbonyl (C=O) groups is 1. The molecular weight excluding hydrogens is 326 g/mol. The summed E-state index contributed by atoms with van der Waals surface area (Å²) in [5.41, 5.74) is 7.19. The molecule has 6 nitrogen and oxygen atoms in total. The van der Waals surface area contributed by atoms with Crippen LogP contribution in [-0.4, -0.2) is 32.4 Å². The van der Waals surface area contributed by atoms with Crippen LogP contribution in [0.3, 0.4) is 0 Å². The highest BCUT2D eigenvalue weighted by Crippen LogP contribution is 2.34. The van der Waals surface area contributed by atoms with E-state index < -0.39 is 0 Å². The van der Waals surface area contributed by atoms with E-state index in [-0.39, 0.29) is 17.9 Å². The Morgan fingerprint density at radius 1 is 1.23 bits per heavy atom. The molecule has 134 valence electrons. The normalized spacial score (nSPS) is 21.1. The molecule has 6 heteroatoms. The number of H-pyrrole nitrogens is 1. The standard InChI is InChI=1S/C20H23N5O/c1-3-10-25-19(13(2)11-18(26)24-25)15-4-5-16-17(12-15)23-20(22-16)14-6-8-21-9-7-14/h4-9,12-13,19H,3,10-11H2,1-2H3,(H,22,23)(H,24,26). The number of carbonyl (C=O) groups excluding carboxylic acids is 1. The van der Waals surface area contributed by atoms with Crippen molar-refractivity contribution in [2.45, 2.75) is 32.7 Å². The number of pyridine rings is 1. The fourth-order valence-electron chi connectivity index (χ4n) is 3.78. The summed E-state index contributed by atoms with van der Waals surface area (Å²) < 4.78 is 0. The van der Waals surface area contributed by atoms with E-state index in [2.05, 4.69) is 52.4 Å². The lowest BCUT2D eigenvalue weighted by Crippen LogP contribution is -2.51. The third kappa shape index (κ3) is 3.08. The van der Waals surface area contributed by atoms with E-state index in [4.69, 9.17) is 4.98 Å². The van der Waals surface area contributed by atoms with Crippen molar-refractivity contribution < 1.29 is 4.79 Å². The van der Waals surface area contributed by atoms with Crippen LogP contribution in [0.5, 0.6) is 0 Å². The van der Waals surface area contributed by atoms with Gasteiger partial charge >= 0.3 is 0 Å². The van der Waals surface area contributed by atoms with Gasteiger partial charge < -0.3 is 4.98 Å². The summed E-state index contributed by atoms with van der Waals surface area (Å²) in [6.45, 7) is 5.10. The Hall–Kier alpha value is -2.73. The van der Waals surface area contributed by atoms with Crippen LogP contribution < -0.4 is 5.43 Å². The average molecular weight is 349 g/mol. The molecule has 1 amide bonds. The highest BCUT2D eigenvalue weighted by Gasteiger charge is 2.33. The van der Waals surface area contributed by atoms with Crippen LogP contribution in [0.4, 0.5) is 0 Å². The maximum absolute atomic E-state index is 11.9. The Balaban J connectivity index is 1.71. The first-order valence-corrected chi connectivity index (χ1v) is 9.12. The zero-order chi connectivity index (χ0) is 18.1. The fraction of sp³-hybridized carbons (Fsp3) is 0.350. The van der Waals surface area contributed by atoms with E-state index >= 15 is 0 Å². The first kappa shape index (κ1) is 16.7. The number of hydrazine groups is 1. The number of nitrogens with one attached hydrogen (secondary N) is 2. The van der Waals surface area contributed by atoms with Crippen molar-refractivity contribution in [3.63, 3.8) is 0 Å². The Kier molecular flexibility index (Phi) is 4.42. The highest BCUT2D eigenvalue weighted by atomic mass is 16.2. The number of aromatic nitrogens is 3. The van der Waals surface area contributed by atoms with Gasteiger partial charge in [0.2, 0.25) is 5.91 Å². The molecule has 1 aromatic carbocycles. The molecule has 26 heavy (non-hydrogen) atoms. The summed E-state index contributed by atoms with van der Waals surface area (Å²) in [6.07, 6.45) is 5.07. The van der Waals surface area contributed by atoms with E-state index in [1.165, 1.54) is 5.56 Å². The number of nitrogens with zero attached hydrogens (tertiary/aromatic N) is 3. The van der Waals surface area contributed by atoms with Crippen LogP contribution in [0.25, 0.3) is 22.4 Å². The maximum atomic E-state index is 11.9. The van der Waals surface area contributed by atoms with Crippen molar-refractivity contribution in [3.8, 4) is 11.4 Å². The van der Waals surface area contributed by atoms with Gasteiger partial charge in [-0.25, -0.2) is 9.99 Å². The summed E-state index contributed by atoms with van der Waals surface area (Å²) in [6, 6.07) is 10.4. The number of aromatic amines is 1. The number of imidazole rings is 1. The molecule has 1 fully saturated rings. The third-order valence-corrected chi connectivity index (χ3v) is 4.92. The second kappa shape index (κ2) is 6.88. The van der Waals surface area contributed by atoms with Crippen LogP contribution in [0.2, 0.25) is 0 Å². The van der Waals surface area contributed by atoms with Crippen LogP contribution in [0.1, 0.15) is 38.3 Å². The molecule has 3 aromatic rings. The lowest BCUT2D eigenvalue weighted by Gasteiger charge is -2.40. The van der Waals surface area contributed by atoms with Crippen LogP contribution >= 0.6 is 0 Å². The van der Waals surface area contributed by atoms with Gasteiger partial charge in [-0.15, -0.1) is 0 Å². The zero-order valence-electron chi connectivity index (χ0n) is 15.1. The average Bonchev–Trinajstić information content (AvgIpc) is 3.05. The number of hydrogen-bond acceptors (Lipinski definition) is 4. The predicted octanol–water partition coefficient (Wildman–Crippen LogP) is 3.45. The van der Waals surface area contributed by atoms with Crippen molar-refractivity contribution in [1.82, 2.24) is 25.4 Å². The van der Waals surface area contributed by atoms with Gasteiger partial charge in [0.05, 0.1) is 17.1 Å². The van der Waals surface area contributed by atoms with Gasteiger partial charge in [0.1, 0.15) is 5.82 Å². The lowest BCUT2D eigenvalue weighted by atomic mass is 9.89. The first-order chi connectivity index (χ1) is 12.7. The molecule has 2 aromatic heterocycles. The quantitative estimate of drug-likeness (QED) is 0.757. The number of fused-ring (bicyclic) bond motifs is 1. The minimum atomic E-state index is 0.100. The van der Waals surface area contributed by atoms with Gasteiger partial charge in [0.25, 0.3) is 0 Å². The van der Waals surface area contributed by atoms with Gasteiger partial charge in [-0.3, -0.25) is 15.2 Å². The van der Waals surface area contributed by atoms with Gasteiger partial charge in [-0.2, -0.15) is 0 Å². The number of amides is 1. The molecule has 0 radical (unpaired) electrons. The fourth-order valence-corrected chi connectivity index (χ4v) is 3.78. The molecule has 1 saturated heterocycles. The van der Waals surface area contributed by atoms with E-state index in [0.717, 1.165) is 35.4 Å². The summed E-state index contributed by atoms with van der Waals surface area (Å²) in [5, 5.41) is 2.08. The number of rotatable bonds is 4. The minimum absolute atomic E-state index is 0.100. The summed E-state index contributed by atoms with van der Waals surface area (Å²) in [7, 11) is 0. The van der Waals surface area contributed by atoms with E-state index in [1.807, 2.05) is 12.1 Å². The van der Waals surface area contributed by atoms with Crippen molar-refractivity contribution in [3.05, 3.63) is 48.3 Å². The van der Waals surface area contributed by atoms with E-state index in [0.29, 0.717) is 6.42 Å². The van der Waals surface area contributed by atoms with Gasteiger partial charge in [0.15, 0.2) is 0 Å². The minimum Gasteiger partial charge on any atom is -0.338 e. The predicted molar refractivity (Wildman–Crippen MR) is 101 cm³/mol. The molecule has 2 atom stereocenters. The van der Waals surface area contributed by atoms with Crippen LogP contribution in [-0.2, 0) is 4.79 Å². The molecule has 1 aliphatic heterocycles. The molecule has 3 heterocycles. The lowest BCUT2D eigenvalue weighted by molar-refractivity contribution is -0.134. The molecule has 0 spiro atoms. The molecule has 0 bridgehead atoms. The summed E-state index contributed by atoms with van der Waals surface area (Å²) >= 11 is 0. The van der Waals surface area contributed by atoms with Crippen molar-refractivity contribution >= 4 is 16.9 Å². The van der Waals surface area contributed by atoms with Gasteiger partial charge in [0, 0.05) is 30.9 Å². The van der Waals surface area contributed by atoms with Crippen LogP contribution in [0, 0.1) is 5.92 Å².